The van der Waals surface area contributed by atoms with Gasteiger partial charge in [0.2, 0.25) is 5.76 Å². The molecule has 184 valence electrons. The summed E-state index contributed by atoms with van der Waals surface area (Å²) in [5.74, 6) is 1.07. The Hall–Kier alpha value is -3.77. The minimum Gasteiger partial charge on any atom is -0.497 e. The van der Waals surface area contributed by atoms with Gasteiger partial charge in [-0.3, -0.25) is 14.5 Å². The van der Waals surface area contributed by atoms with E-state index in [1.54, 1.807) is 54.5 Å². The lowest BCUT2D eigenvalue weighted by Crippen LogP contribution is -2.29. The maximum absolute atomic E-state index is 13.7. The highest BCUT2D eigenvalue weighted by molar-refractivity contribution is 6.31. The summed E-state index contributed by atoms with van der Waals surface area (Å²) in [7, 11) is 1.58. The number of methoxy groups -OCH3 is 1. The van der Waals surface area contributed by atoms with Crippen molar-refractivity contribution in [2.75, 3.05) is 18.6 Å². The Morgan fingerprint density at radius 1 is 0.944 bits per heavy atom. The molecule has 1 unspecified atom stereocenters. The molecule has 0 saturated heterocycles. The molecule has 0 radical (unpaired) electrons. The summed E-state index contributed by atoms with van der Waals surface area (Å²) in [6.45, 7) is 2.80. The van der Waals surface area contributed by atoms with Gasteiger partial charge in [0.25, 0.3) is 5.91 Å². The van der Waals surface area contributed by atoms with Gasteiger partial charge in [-0.05, 0) is 66.6 Å². The highest BCUT2D eigenvalue weighted by Crippen LogP contribution is 2.42. The molecule has 0 N–H and O–H groups in total. The molecule has 0 saturated carbocycles. The van der Waals surface area contributed by atoms with Crippen LogP contribution in [0.3, 0.4) is 0 Å². The Morgan fingerprint density at radius 3 is 2.36 bits per heavy atom. The van der Waals surface area contributed by atoms with Gasteiger partial charge in [0.15, 0.2) is 5.43 Å². The number of nitrogens with zero attached hydrogens (tertiary/aromatic N) is 1. The topological polar surface area (TPSA) is 69.0 Å². The second-order valence-corrected chi connectivity index (χ2v) is 9.15. The summed E-state index contributed by atoms with van der Waals surface area (Å²) in [5, 5.41) is 0.763. The monoisotopic (exact) mass is 503 g/mol. The number of hydrogen-bond donors (Lipinski definition) is 0. The first-order valence-electron chi connectivity index (χ1n) is 12.0. The predicted molar refractivity (Wildman–Crippen MR) is 141 cm³/mol. The molecule has 0 fully saturated rings. The van der Waals surface area contributed by atoms with E-state index in [9.17, 15) is 9.59 Å². The van der Waals surface area contributed by atoms with Crippen molar-refractivity contribution in [2.24, 2.45) is 0 Å². The van der Waals surface area contributed by atoms with Crippen LogP contribution < -0.4 is 19.8 Å². The summed E-state index contributed by atoms with van der Waals surface area (Å²) in [6, 6.07) is 18.8. The van der Waals surface area contributed by atoms with Gasteiger partial charge in [-0.1, -0.05) is 43.5 Å². The first-order valence-corrected chi connectivity index (χ1v) is 12.4. The van der Waals surface area contributed by atoms with Crippen molar-refractivity contribution in [3.8, 4) is 11.5 Å². The number of hydrogen-bond acceptors (Lipinski definition) is 5. The molecule has 7 heteroatoms. The maximum atomic E-state index is 13.7. The first kappa shape index (κ1) is 23.9. The second kappa shape index (κ2) is 10.1. The van der Waals surface area contributed by atoms with Gasteiger partial charge in [0, 0.05) is 10.7 Å². The number of benzene rings is 3. The highest BCUT2D eigenvalue weighted by Gasteiger charge is 2.43. The molecule has 0 aliphatic carbocycles. The zero-order valence-corrected chi connectivity index (χ0v) is 20.9. The van der Waals surface area contributed by atoms with Crippen molar-refractivity contribution in [3.63, 3.8) is 0 Å². The number of unbranched alkanes of at least 4 members (excludes halogenated alkanes) is 2. The minimum absolute atomic E-state index is 0.0375. The van der Waals surface area contributed by atoms with Gasteiger partial charge in [0.1, 0.15) is 17.1 Å². The molecule has 4 aromatic rings. The van der Waals surface area contributed by atoms with Crippen LogP contribution in [0.2, 0.25) is 5.02 Å². The maximum Gasteiger partial charge on any atom is 0.295 e. The summed E-state index contributed by atoms with van der Waals surface area (Å²) >= 11 is 6.17. The first-order chi connectivity index (χ1) is 17.5. The Labute approximate surface area is 214 Å². The van der Waals surface area contributed by atoms with Crippen molar-refractivity contribution in [2.45, 2.75) is 32.2 Å². The number of rotatable bonds is 8. The number of halogens is 1. The van der Waals surface area contributed by atoms with E-state index >= 15 is 0 Å². The normalized spacial score (nSPS) is 14.8. The molecule has 6 nitrogen and oxygen atoms in total. The number of carbonyl (C=O) groups excluding carboxylic acids is 1. The van der Waals surface area contributed by atoms with Crippen molar-refractivity contribution in [1.29, 1.82) is 0 Å². The van der Waals surface area contributed by atoms with E-state index in [0.717, 1.165) is 30.6 Å². The van der Waals surface area contributed by atoms with E-state index in [4.69, 9.17) is 25.5 Å². The van der Waals surface area contributed by atoms with E-state index in [2.05, 4.69) is 6.92 Å². The van der Waals surface area contributed by atoms with Crippen molar-refractivity contribution >= 4 is 34.2 Å². The van der Waals surface area contributed by atoms with Crippen molar-refractivity contribution in [1.82, 2.24) is 0 Å². The predicted octanol–water partition coefficient (Wildman–Crippen LogP) is 6.77. The number of ether oxygens (including phenoxy) is 2. The van der Waals surface area contributed by atoms with Crippen molar-refractivity contribution in [3.05, 3.63) is 98.9 Å². The van der Waals surface area contributed by atoms with Crippen LogP contribution in [0.15, 0.2) is 75.9 Å². The number of amides is 1. The largest absolute Gasteiger partial charge is 0.497 e. The van der Waals surface area contributed by atoms with E-state index in [1.165, 1.54) is 0 Å². The van der Waals surface area contributed by atoms with E-state index in [-0.39, 0.29) is 17.1 Å². The van der Waals surface area contributed by atoms with Gasteiger partial charge in [-0.15, -0.1) is 0 Å². The van der Waals surface area contributed by atoms with Gasteiger partial charge in [-0.2, -0.15) is 0 Å². The number of anilines is 1. The fourth-order valence-corrected chi connectivity index (χ4v) is 4.73. The molecule has 0 spiro atoms. The lowest BCUT2D eigenvalue weighted by Gasteiger charge is -2.25. The Morgan fingerprint density at radius 2 is 1.67 bits per heavy atom. The minimum atomic E-state index is -0.672. The summed E-state index contributed by atoms with van der Waals surface area (Å²) in [4.78, 5) is 29.0. The summed E-state index contributed by atoms with van der Waals surface area (Å²) in [5.41, 5.74) is 1.74. The van der Waals surface area contributed by atoms with Crippen LogP contribution in [0.1, 0.15) is 53.9 Å². The Bertz CT molecular complexity index is 1460. The standard InChI is InChI=1S/C29H26ClNO5/c1-3-4-5-16-35-22-11-6-18(7-12-22)26-25-27(32)23-17-19(30)8-15-24(23)36-28(25)29(33)31(26)20-9-13-21(34-2)14-10-20/h6-15,17,26H,3-5,16H2,1-2H3. The van der Waals surface area contributed by atoms with Crippen LogP contribution in [0.4, 0.5) is 5.69 Å². The average Bonchev–Trinajstić information content (AvgIpc) is 3.20. The van der Waals surface area contributed by atoms with Crippen LogP contribution in [-0.2, 0) is 0 Å². The lowest BCUT2D eigenvalue weighted by atomic mass is 9.98. The molecule has 1 amide bonds. The van der Waals surface area contributed by atoms with Crippen LogP contribution in [0.25, 0.3) is 11.0 Å². The highest BCUT2D eigenvalue weighted by atomic mass is 35.5. The Kier molecular flexibility index (Phi) is 6.70. The summed E-state index contributed by atoms with van der Waals surface area (Å²) < 4.78 is 17.1. The lowest BCUT2D eigenvalue weighted by molar-refractivity contribution is 0.0971. The quantitative estimate of drug-likeness (QED) is 0.248. The number of carbonyl (C=O) groups is 1. The van der Waals surface area contributed by atoms with Crippen molar-refractivity contribution < 1.29 is 18.7 Å². The molecular formula is C29H26ClNO5. The van der Waals surface area contributed by atoms with Gasteiger partial charge in [0.05, 0.1) is 30.7 Å². The average molecular weight is 504 g/mol. The molecule has 36 heavy (non-hydrogen) atoms. The zero-order chi connectivity index (χ0) is 25.2. The molecular weight excluding hydrogens is 478 g/mol. The Balaban J connectivity index is 1.61. The molecule has 3 aromatic carbocycles. The fraction of sp³-hybridized carbons (Fsp3) is 0.241. The fourth-order valence-electron chi connectivity index (χ4n) is 4.56. The zero-order valence-electron chi connectivity index (χ0n) is 20.1. The molecule has 5 rings (SSSR count). The third-order valence-electron chi connectivity index (χ3n) is 6.40. The van der Waals surface area contributed by atoms with Gasteiger partial charge >= 0.3 is 0 Å². The number of fused-ring (bicyclic) bond motifs is 2. The van der Waals surface area contributed by atoms with Gasteiger partial charge in [-0.25, -0.2) is 0 Å². The second-order valence-electron chi connectivity index (χ2n) is 8.71. The van der Waals surface area contributed by atoms with Crippen LogP contribution >= 0.6 is 11.6 Å². The summed E-state index contributed by atoms with van der Waals surface area (Å²) in [6.07, 6.45) is 3.23. The third kappa shape index (κ3) is 4.33. The molecule has 0 bridgehead atoms. The molecule has 1 atom stereocenters. The van der Waals surface area contributed by atoms with Crippen LogP contribution in [0, 0.1) is 0 Å². The molecule has 1 aromatic heterocycles. The van der Waals surface area contributed by atoms with E-state index in [1.807, 2.05) is 24.3 Å². The molecule has 1 aliphatic rings. The van der Waals surface area contributed by atoms with Crippen LogP contribution in [-0.4, -0.2) is 19.6 Å². The van der Waals surface area contributed by atoms with E-state index < -0.39 is 6.04 Å². The smallest absolute Gasteiger partial charge is 0.295 e. The molecule has 2 heterocycles. The SMILES string of the molecule is CCCCCOc1ccc(C2c3c(oc4ccc(Cl)cc4c3=O)C(=O)N2c2ccc(OC)cc2)cc1. The molecule has 1 aliphatic heterocycles. The van der Waals surface area contributed by atoms with E-state index in [0.29, 0.717) is 39.6 Å². The third-order valence-corrected chi connectivity index (χ3v) is 6.63. The van der Waals surface area contributed by atoms with Gasteiger partial charge < -0.3 is 13.9 Å². The van der Waals surface area contributed by atoms with Crippen LogP contribution in [0.5, 0.6) is 11.5 Å².